The van der Waals surface area contributed by atoms with Gasteiger partial charge in [-0.15, -0.1) is 0 Å². The van der Waals surface area contributed by atoms with Gasteiger partial charge in [0.05, 0.1) is 23.6 Å². The van der Waals surface area contributed by atoms with E-state index in [0.29, 0.717) is 12.3 Å². The molecule has 6 rings (SSSR count). The molecule has 0 unspecified atom stereocenters. The van der Waals surface area contributed by atoms with Gasteiger partial charge in [-0.1, -0.05) is 17.8 Å². The molecule has 4 fully saturated rings. The SMILES string of the molecule is O=C(CSc1ccccn1)N(Cc1ccco1)C12CC3CC(CC(C3)C1)C2. The van der Waals surface area contributed by atoms with Gasteiger partial charge in [-0.05, 0) is 80.5 Å². The first-order chi connectivity index (χ1) is 13.2. The average Bonchev–Trinajstić information content (AvgIpc) is 3.17. The summed E-state index contributed by atoms with van der Waals surface area (Å²) in [5, 5.41) is 0.911. The largest absolute Gasteiger partial charge is 0.467 e. The zero-order valence-corrected chi connectivity index (χ0v) is 16.4. The van der Waals surface area contributed by atoms with E-state index in [1.54, 1.807) is 24.2 Å². The van der Waals surface area contributed by atoms with Gasteiger partial charge in [0.1, 0.15) is 5.76 Å². The maximum Gasteiger partial charge on any atom is 0.233 e. The molecule has 2 heterocycles. The summed E-state index contributed by atoms with van der Waals surface area (Å²) in [6.07, 6.45) is 11.2. The van der Waals surface area contributed by atoms with E-state index in [0.717, 1.165) is 28.5 Å². The summed E-state index contributed by atoms with van der Waals surface area (Å²) in [4.78, 5) is 19.9. The zero-order valence-electron chi connectivity index (χ0n) is 15.5. The maximum atomic E-state index is 13.4. The second kappa shape index (κ2) is 7.01. The highest BCUT2D eigenvalue weighted by molar-refractivity contribution is 7.99. The predicted octanol–water partition coefficient (Wildman–Crippen LogP) is 4.76. The Kier molecular flexibility index (Phi) is 4.50. The van der Waals surface area contributed by atoms with Crippen LogP contribution in [0.5, 0.6) is 0 Å². The molecule has 4 aliphatic rings. The van der Waals surface area contributed by atoms with Gasteiger partial charge in [0.25, 0.3) is 0 Å². The lowest BCUT2D eigenvalue weighted by Gasteiger charge is -2.60. The smallest absolute Gasteiger partial charge is 0.233 e. The van der Waals surface area contributed by atoms with Crippen LogP contribution in [0.3, 0.4) is 0 Å². The van der Waals surface area contributed by atoms with Crippen LogP contribution in [0.2, 0.25) is 0 Å². The molecule has 0 aromatic carbocycles. The highest BCUT2D eigenvalue weighted by Gasteiger charge is 2.54. The summed E-state index contributed by atoms with van der Waals surface area (Å²) in [7, 11) is 0. The number of thioether (sulfide) groups is 1. The fraction of sp³-hybridized carbons (Fsp3) is 0.545. The van der Waals surface area contributed by atoms with Crippen LogP contribution in [0.15, 0.2) is 52.2 Å². The van der Waals surface area contributed by atoms with Crippen molar-refractivity contribution in [1.82, 2.24) is 9.88 Å². The molecule has 0 N–H and O–H groups in total. The predicted molar refractivity (Wildman–Crippen MR) is 105 cm³/mol. The van der Waals surface area contributed by atoms with Crippen LogP contribution < -0.4 is 0 Å². The average molecular weight is 383 g/mol. The van der Waals surface area contributed by atoms with Gasteiger partial charge in [0.2, 0.25) is 5.91 Å². The second-order valence-electron chi connectivity index (χ2n) is 8.66. The summed E-state index contributed by atoms with van der Waals surface area (Å²) in [5.74, 6) is 4.00. The van der Waals surface area contributed by atoms with Crippen molar-refractivity contribution in [2.24, 2.45) is 17.8 Å². The van der Waals surface area contributed by atoms with E-state index in [4.69, 9.17) is 4.42 Å². The molecular formula is C22H26N2O2S. The molecule has 0 spiro atoms. The van der Waals surface area contributed by atoms with Crippen molar-refractivity contribution in [2.45, 2.75) is 55.6 Å². The van der Waals surface area contributed by atoms with Crippen molar-refractivity contribution in [3.63, 3.8) is 0 Å². The van der Waals surface area contributed by atoms with Gasteiger partial charge in [0.15, 0.2) is 0 Å². The first-order valence-corrected chi connectivity index (χ1v) is 11.1. The lowest BCUT2D eigenvalue weighted by atomic mass is 9.52. The Bertz CT molecular complexity index is 755. The summed E-state index contributed by atoms with van der Waals surface area (Å²) in [6, 6.07) is 9.76. The lowest BCUT2D eigenvalue weighted by Crippen LogP contribution is -2.61. The Morgan fingerprint density at radius 3 is 2.44 bits per heavy atom. The van der Waals surface area contributed by atoms with E-state index >= 15 is 0 Å². The van der Waals surface area contributed by atoms with Crippen LogP contribution in [-0.2, 0) is 11.3 Å². The minimum atomic E-state index is 0.0449. The number of carbonyl (C=O) groups excluding carboxylic acids is 1. The zero-order chi connectivity index (χ0) is 18.3. The number of aromatic nitrogens is 1. The molecule has 0 saturated heterocycles. The Balaban J connectivity index is 1.38. The molecule has 142 valence electrons. The summed E-state index contributed by atoms with van der Waals surface area (Å²) in [5.41, 5.74) is 0.0449. The second-order valence-corrected chi connectivity index (χ2v) is 9.65. The molecule has 4 bridgehead atoms. The third-order valence-electron chi connectivity index (χ3n) is 6.75. The van der Waals surface area contributed by atoms with Crippen molar-refractivity contribution in [1.29, 1.82) is 0 Å². The van der Waals surface area contributed by atoms with Crippen molar-refractivity contribution < 1.29 is 9.21 Å². The Morgan fingerprint density at radius 2 is 1.85 bits per heavy atom. The first kappa shape index (κ1) is 17.4. The summed E-state index contributed by atoms with van der Waals surface area (Å²) < 4.78 is 5.63. The number of hydrogen-bond acceptors (Lipinski definition) is 4. The molecule has 4 saturated carbocycles. The van der Waals surface area contributed by atoms with Gasteiger partial charge in [-0.2, -0.15) is 0 Å². The van der Waals surface area contributed by atoms with E-state index in [2.05, 4.69) is 9.88 Å². The Labute approximate surface area is 164 Å². The third kappa shape index (κ3) is 3.42. The molecule has 0 aliphatic heterocycles. The highest BCUT2D eigenvalue weighted by atomic mass is 32.2. The van der Waals surface area contributed by atoms with Gasteiger partial charge in [0, 0.05) is 11.7 Å². The number of rotatable bonds is 6. The fourth-order valence-electron chi connectivity index (χ4n) is 6.12. The number of amides is 1. The van der Waals surface area contributed by atoms with E-state index in [-0.39, 0.29) is 11.4 Å². The first-order valence-electron chi connectivity index (χ1n) is 10.1. The standard InChI is InChI=1S/C22H26N2O2S/c25-21(15-27-20-5-1-2-6-23-20)24(14-19-4-3-7-26-19)22-11-16-8-17(12-22)10-18(9-16)13-22/h1-7,16-18H,8-15H2. The third-order valence-corrected chi connectivity index (χ3v) is 7.68. The maximum absolute atomic E-state index is 13.4. The van der Waals surface area contributed by atoms with Gasteiger partial charge < -0.3 is 9.32 Å². The van der Waals surface area contributed by atoms with Crippen LogP contribution in [0.1, 0.15) is 44.3 Å². The number of carbonyl (C=O) groups is 1. The van der Waals surface area contributed by atoms with Crippen LogP contribution in [0.4, 0.5) is 0 Å². The van der Waals surface area contributed by atoms with E-state index in [1.807, 2.05) is 30.3 Å². The van der Waals surface area contributed by atoms with E-state index in [9.17, 15) is 4.79 Å². The molecule has 2 aromatic heterocycles. The minimum Gasteiger partial charge on any atom is -0.467 e. The highest BCUT2D eigenvalue weighted by Crippen LogP contribution is 2.58. The molecule has 5 heteroatoms. The van der Waals surface area contributed by atoms with Crippen LogP contribution >= 0.6 is 11.8 Å². The molecule has 2 aromatic rings. The number of furan rings is 1. The molecular weight excluding hydrogens is 356 g/mol. The van der Waals surface area contributed by atoms with Gasteiger partial charge >= 0.3 is 0 Å². The molecule has 4 aliphatic carbocycles. The van der Waals surface area contributed by atoms with Crippen molar-refractivity contribution >= 4 is 17.7 Å². The van der Waals surface area contributed by atoms with Crippen LogP contribution in [0, 0.1) is 17.8 Å². The summed E-state index contributed by atoms with van der Waals surface area (Å²) >= 11 is 1.54. The monoisotopic (exact) mass is 382 g/mol. The van der Waals surface area contributed by atoms with E-state index in [1.165, 1.54) is 38.5 Å². The van der Waals surface area contributed by atoms with Gasteiger partial charge in [-0.25, -0.2) is 4.98 Å². The lowest BCUT2D eigenvalue weighted by molar-refractivity contribution is -0.150. The molecule has 0 radical (unpaired) electrons. The molecule has 1 amide bonds. The molecule has 27 heavy (non-hydrogen) atoms. The fourth-order valence-corrected chi connectivity index (χ4v) is 6.86. The van der Waals surface area contributed by atoms with E-state index < -0.39 is 0 Å². The van der Waals surface area contributed by atoms with Crippen LogP contribution in [0.25, 0.3) is 0 Å². The molecule has 0 atom stereocenters. The topological polar surface area (TPSA) is 46.3 Å². The Morgan fingerprint density at radius 1 is 1.11 bits per heavy atom. The van der Waals surface area contributed by atoms with Crippen molar-refractivity contribution in [3.05, 3.63) is 48.6 Å². The number of hydrogen-bond donors (Lipinski definition) is 0. The quantitative estimate of drug-likeness (QED) is 0.676. The van der Waals surface area contributed by atoms with Crippen molar-refractivity contribution in [3.8, 4) is 0 Å². The molecule has 4 nitrogen and oxygen atoms in total. The Hall–Kier alpha value is -1.75. The summed E-state index contributed by atoms with van der Waals surface area (Å²) in [6.45, 7) is 0.598. The van der Waals surface area contributed by atoms with Crippen molar-refractivity contribution in [2.75, 3.05) is 5.75 Å². The van der Waals surface area contributed by atoms with Crippen LogP contribution in [-0.4, -0.2) is 27.1 Å². The van der Waals surface area contributed by atoms with Gasteiger partial charge in [-0.3, -0.25) is 4.79 Å². The number of pyridine rings is 1. The minimum absolute atomic E-state index is 0.0449. The normalized spacial score (nSPS) is 31.2. The number of nitrogens with zero attached hydrogens (tertiary/aromatic N) is 2.